The molecule has 1 aromatic rings. The van der Waals surface area contributed by atoms with E-state index in [4.69, 9.17) is 19.8 Å². The minimum absolute atomic E-state index is 0.105. The first kappa shape index (κ1) is 15.2. The molecule has 0 unspecified atom stereocenters. The highest BCUT2D eigenvalue weighted by Gasteiger charge is 2.53. The molecular formula is C14H22BNO4. The lowest BCUT2D eigenvalue weighted by Crippen LogP contribution is -2.41. The first-order valence-electron chi connectivity index (χ1n) is 6.66. The molecule has 1 aliphatic heterocycles. The quantitative estimate of drug-likeness (QED) is 0.828. The van der Waals surface area contributed by atoms with Gasteiger partial charge in [-0.1, -0.05) is 0 Å². The summed E-state index contributed by atoms with van der Waals surface area (Å²) in [7, 11) is 0.953. The van der Waals surface area contributed by atoms with Gasteiger partial charge in [0.2, 0.25) is 0 Å². The van der Waals surface area contributed by atoms with Crippen LogP contribution in [-0.2, 0) is 9.31 Å². The van der Waals surface area contributed by atoms with Gasteiger partial charge in [0.15, 0.2) is 0 Å². The van der Waals surface area contributed by atoms with E-state index in [0.717, 1.165) is 0 Å². The van der Waals surface area contributed by atoms with Gasteiger partial charge in [-0.2, -0.15) is 0 Å². The maximum atomic E-state index is 9.97. The van der Waals surface area contributed by atoms with Crippen LogP contribution in [0.1, 0.15) is 39.2 Å². The number of ether oxygens (including phenoxy) is 1. The fourth-order valence-electron chi connectivity index (χ4n) is 2.11. The zero-order valence-electron chi connectivity index (χ0n) is 12.6. The molecule has 5 nitrogen and oxygen atoms in total. The lowest BCUT2D eigenvalue weighted by Gasteiger charge is -2.32. The average Bonchev–Trinajstić information content (AvgIpc) is 2.58. The van der Waals surface area contributed by atoms with Crippen molar-refractivity contribution in [3.8, 4) is 11.5 Å². The SMILES string of the molecule is COc1ccc(O)c([C@@H](N)B2OC(C)(C)C(C)(C)O2)c1. The van der Waals surface area contributed by atoms with E-state index < -0.39 is 24.3 Å². The predicted octanol–water partition coefficient (Wildman–Crippen LogP) is 2.03. The highest BCUT2D eigenvalue weighted by Crippen LogP contribution is 2.41. The van der Waals surface area contributed by atoms with Crippen molar-refractivity contribution in [1.82, 2.24) is 0 Å². The van der Waals surface area contributed by atoms with Crippen molar-refractivity contribution < 1.29 is 19.2 Å². The highest BCUT2D eigenvalue weighted by atomic mass is 16.7. The molecule has 1 saturated heterocycles. The van der Waals surface area contributed by atoms with E-state index in [1.165, 1.54) is 0 Å². The Morgan fingerprint density at radius 3 is 2.25 bits per heavy atom. The Morgan fingerprint density at radius 1 is 1.20 bits per heavy atom. The molecular weight excluding hydrogens is 257 g/mol. The third kappa shape index (κ3) is 2.51. The fourth-order valence-corrected chi connectivity index (χ4v) is 2.11. The standard InChI is InChI=1S/C14H22BNO4/c1-13(2)14(3,4)20-15(19-13)12(16)10-8-9(18-5)6-7-11(10)17/h6-8,12,17H,16H2,1-5H3/t12-/m1/s1. The summed E-state index contributed by atoms with van der Waals surface area (Å²) in [6, 6.07) is 4.93. The molecule has 1 aromatic carbocycles. The third-order valence-corrected chi connectivity index (χ3v) is 4.16. The molecule has 0 saturated carbocycles. The van der Waals surface area contributed by atoms with Crippen LogP contribution in [0.2, 0.25) is 0 Å². The van der Waals surface area contributed by atoms with E-state index in [1.54, 1.807) is 25.3 Å². The first-order valence-corrected chi connectivity index (χ1v) is 6.66. The molecule has 0 amide bonds. The first-order chi connectivity index (χ1) is 9.18. The van der Waals surface area contributed by atoms with E-state index in [1.807, 2.05) is 27.7 Å². The summed E-state index contributed by atoms with van der Waals surface area (Å²) in [5.41, 5.74) is 5.84. The van der Waals surface area contributed by atoms with Gasteiger partial charge in [0.25, 0.3) is 0 Å². The van der Waals surface area contributed by atoms with Crippen molar-refractivity contribution in [3.05, 3.63) is 23.8 Å². The van der Waals surface area contributed by atoms with Gasteiger partial charge in [0, 0.05) is 5.56 Å². The topological polar surface area (TPSA) is 73.9 Å². The predicted molar refractivity (Wildman–Crippen MR) is 77.7 cm³/mol. The molecule has 0 radical (unpaired) electrons. The smallest absolute Gasteiger partial charge is 0.480 e. The summed E-state index contributed by atoms with van der Waals surface area (Å²) in [6.07, 6.45) is 0. The van der Waals surface area contributed by atoms with Gasteiger partial charge in [-0.15, -0.1) is 0 Å². The molecule has 0 aliphatic carbocycles. The van der Waals surface area contributed by atoms with E-state index in [2.05, 4.69) is 0 Å². The van der Waals surface area contributed by atoms with E-state index in [0.29, 0.717) is 11.3 Å². The Balaban J connectivity index is 2.27. The molecule has 110 valence electrons. The number of methoxy groups -OCH3 is 1. The lowest BCUT2D eigenvalue weighted by atomic mass is 9.74. The second kappa shape index (κ2) is 4.95. The van der Waals surface area contributed by atoms with Crippen LogP contribution in [0.5, 0.6) is 11.5 Å². The van der Waals surface area contributed by atoms with Crippen LogP contribution in [0.25, 0.3) is 0 Å². The van der Waals surface area contributed by atoms with Crippen molar-refractivity contribution >= 4 is 7.12 Å². The van der Waals surface area contributed by atoms with E-state index in [-0.39, 0.29) is 5.75 Å². The zero-order valence-corrected chi connectivity index (χ0v) is 12.6. The number of hydrogen-bond acceptors (Lipinski definition) is 5. The van der Waals surface area contributed by atoms with Gasteiger partial charge < -0.3 is 24.9 Å². The van der Waals surface area contributed by atoms with Crippen LogP contribution in [0.15, 0.2) is 18.2 Å². The minimum Gasteiger partial charge on any atom is -0.508 e. The Hall–Kier alpha value is -1.24. The van der Waals surface area contributed by atoms with Gasteiger partial charge in [-0.05, 0) is 45.9 Å². The number of nitrogens with two attached hydrogens (primary N) is 1. The summed E-state index contributed by atoms with van der Waals surface area (Å²) in [5, 5.41) is 9.97. The molecule has 2 rings (SSSR count). The number of rotatable bonds is 3. The zero-order chi connectivity index (χ0) is 15.1. The summed E-state index contributed by atoms with van der Waals surface area (Å²) in [5.74, 6) is 0.143. The van der Waals surface area contributed by atoms with Crippen molar-refractivity contribution in [2.75, 3.05) is 7.11 Å². The number of aromatic hydroxyl groups is 1. The van der Waals surface area contributed by atoms with Crippen LogP contribution in [0.4, 0.5) is 0 Å². The van der Waals surface area contributed by atoms with Crippen LogP contribution in [0.3, 0.4) is 0 Å². The van der Waals surface area contributed by atoms with E-state index >= 15 is 0 Å². The second-order valence-corrected chi connectivity index (χ2v) is 6.08. The molecule has 3 N–H and O–H groups in total. The highest BCUT2D eigenvalue weighted by molar-refractivity contribution is 6.47. The molecule has 0 spiro atoms. The third-order valence-electron chi connectivity index (χ3n) is 4.16. The minimum atomic E-state index is -0.613. The largest absolute Gasteiger partial charge is 0.508 e. The van der Waals surface area contributed by atoms with Crippen LogP contribution in [0, 0.1) is 0 Å². The van der Waals surface area contributed by atoms with Crippen LogP contribution < -0.4 is 10.5 Å². The molecule has 20 heavy (non-hydrogen) atoms. The average molecular weight is 279 g/mol. The van der Waals surface area contributed by atoms with Crippen LogP contribution in [-0.4, -0.2) is 30.5 Å². The normalized spacial score (nSPS) is 21.8. The molecule has 1 fully saturated rings. The van der Waals surface area contributed by atoms with Gasteiger partial charge in [-0.25, -0.2) is 0 Å². The summed E-state index contributed by atoms with van der Waals surface area (Å²) in [6.45, 7) is 7.85. The summed E-state index contributed by atoms with van der Waals surface area (Å²) < 4.78 is 17.0. The second-order valence-electron chi connectivity index (χ2n) is 6.08. The number of phenols is 1. The maximum Gasteiger partial charge on any atom is 0.480 e. The van der Waals surface area contributed by atoms with Gasteiger partial charge >= 0.3 is 7.12 Å². The van der Waals surface area contributed by atoms with Gasteiger partial charge in [0.05, 0.1) is 24.3 Å². The van der Waals surface area contributed by atoms with Crippen molar-refractivity contribution in [3.63, 3.8) is 0 Å². The van der Waals surface area contributed by atoms with Gasteiger partial charge in [-0.3, -0.25) is 0 Å². The number of hydrogen-bond donors (Lipinski definition) is 2. The molecule has 1 aliphatic rings. The summed E-state index contributed by atoms with van der Waals surface area (Å²) >= 11 is 0. The summed E-state index contributed by atoms with van der Waals surface area (Å²) in [4.78, 5) is 0. The number of benzene rings is 1. The fraction of sp³-hybridized carbons (Fsp3) is 0.571. The Labute approximate surface area is 120 Å². The van der Waals surface area contributed by atoms with Gasteiger partial charge in [0.1, 0.15) is 11.5 Å². The Morgan fingerprint density at radius 2 is 1.75 bits per heavy atom. The molecule has 6 heteroatoms. The van der Waals surface area contributed by atoms with Crippen LogP contribution >= 0.6 is 0 Å². The van der Waals surface area contributed by atoms with E-state index in [9.17, 15) is 5.11 Å². The van der Waals surface area contributed by atoms with Crippen molar-refractivity contribution in [1.29, 1.82) is 0 Å². The van der Waals surface area contributed by atoms with Crippen molar-refractivity contribution in [2.45, 2.75) is 44.8 Å². The molecule has 1 atom stereocenters. The Bertz CT molecular complexity index is 488. The Kier molecular flexibility index (Phi) is 3.75. The molecule has 0 bridgehead atoms. The molecule has 0 aromatic heterocycles. The lowest BCUT2D eigenvalue weighted by molar-refractivity contribution is 0.00578. The number of phenolic OH excluding ortho intramolecular Hbond substituents is 1. The monoisotopic (exact) mass is 279 g/mol. The van der Waals surface area contributed by atoms with Crippen molar-refractivity contribution in [2.24, 2.45) is 5.73 Å². The molecule has 1 heterocycles. The maximum absolute atomic E-state index is 9.97.